The highest BCUT2D eigenvalue weighted by Crippen LogP contribution is 2.13. The van der Waals surface area contributed by atoms with Crippen molar-refractivity contribution in [3.63, 3.8) is 0 Å². The van der Waals surface area contributed by atoms with Crippen molar-refractivity contribution < 1.29 is 14.3 Å². The molecule has 0 aliphatic rings. The monoisotopic (exact) mass is 215 g/mol. The van der Waals surface area contributed by atoms with Crippen molar-refractivity contribution in [3.05, 3.63) is 0 Å². The van der Waals surface area contributed by atoms with Gasteiger partial charge in [0.25, 0.3) is 0 Å². The Morgan fingerprint density at radius 3 is 2.13 bits per heavy atom. The average Bonchev–Trinajstić information content (AvgIpc) is 2.23. The second kappa shape index (κ2) is 6.43. The van der Waals surface area contributed by atoms with E-state index in [1.807, 2.05) is 27.7 Å². The number of nitrogens with one attached hydrogen (secondary N) is 1. The fourth-order valence-electron chi connectivity index (χ4n) is 1.27. The van der Waals surface area contributed by atoms with Crippen LogP contribution in [0.3, 0.4) is 0 Å². The predicted molar refractivity (Wildman–Crippen MR) is 58.6 cm³/mol. The molecule has 4 heteroatoms. The molecular formula is C11H21NO3. The molecule has 0 radical (unpaired) electrons. The maximum Gasteiger partial charge on any atom is 0.407 e. The predicted octanol–water partition coefficient (Wildman–Crippen LogP) is 1.98. The number of amides is 1. The zero-order valence-corrected chi connectivity index (χ0v) is 10.2. The second-order valence-electron chi connectivity index (χ2n) is 4.06. The Morgan fingerprint density at radius 2 is 1.80 bits per heavy atom. The molecule has 0 fully saturated rings. The average molecular weight is 215 g/mol. The molecule has 0 aliphatic heterocycles. The number of hydrogen-bond donors (Lipinski definition) is 1. The molecule has 0 saturated heterocycles. The summed E-state index contributed by atoms with van der Waals surface area (Å²) < 4.78 is 4.50. The van der Waals surface area contributed by atoms with Crippen molar-refractivity contribution in [2.45, 2.75) is 40.2 Å². The first-order valence-corrected chi connectivity index (χ1v) is 5.32. The molecule has 0 bridgehead atoms. The molecule has 2 unspecified atom stereocenters. The molecule has 0 aromatic carbocycles. The highest BCUT2D eigenvalue weighted by atomic mass is 16.5. The molecule has 0 saturated carbocycles. The van der Waals surface area contributed by atoms with Crippen molar-refractivity contribution in [2.24, 2.45) is 11.8 Å². The van der Waals surface area contributed by atoms with Crippen LogP contribution >= 0.6 is 0 Å². The second-order valence-corrected chi connectivity index (χ2v) is 4.06. The minimum absolute atomic E-state index is 0.0507. The van der Waals surface area contributed by atoms with Crippen LogP contribution in [0.4, 0.5) is 4.79 Å². The minimum atomic E-state index is -0.547. The summed E-state index contributed by atoms with van der Waals surface area (Å²) in [6.45, 7) is 7.60. The number of ether oxygens (including phenoxy) is 1. The van der Waals surface area contributed by atoms with Gasteiger partial charge < -0.3 is 10.1 Å². The molecule has 2 atom stereocenters. The highest BCUT2D eigenvalue weighted by Gasteiger charge is 2.27. The van der Waals surface area contributed by atoms with E-state index in [1.54, 1.807) is 0 Å². The Kier molecular flexibility index (Phi) is 5.97. The summed E-state index contributed by atoms with van der Waals surface area (Å²) in [5.41, 5.74) is 0. The molecule has 0 heterocycles. The summed E-state index contributed by atoms with van der Waals surface area (Å²) in [6.07, 6.45) is 0.293. The number of rotatable bonds is 5. The minimum Gasteiger partial charge on any atom is -0.453 e. The van der Waals surface area contributed by atoms with E-state index in [4.69, 9.17) is 0 Å². The van der Waals surface area contributed by atoms with Crippen LogP contribution in [-0.2, 0) is 9.53 Å². The first-order valence-electron chi connectivity index (χ1n) is 5.32. The third-order valence-corrected chi connectivity index (χ3v) is 2.55. The van der Waals surface area contributed by atoms with Crippen molar-refractivity contribution in [1.82, 2.24) is 5.32 Å². The molecule has 1 N–H and O–H groups in total. The van der Waals surface area contributed by atoms with Crippen molar-refractivity contribution >= 4 is 11.9 Å². The molecule has 4 nitrogen and oxygen atoms in total. The van der Waals surface area contributed by atoms with Gasteiger partial charge in [0.1, 0.15) is 0 Å². The molecule has 1 amide bonds. The summed E-state index contributed by atoms with van der Waals surface area (Å²) in [4.78, 5) is 22.9. The third-order valence-electron chi connectivity index (χ3n) is 2.55. The van der Waals surface area contributed by atoms with E-state index in [-0.39, 0.29) is 17.6 Å². The quantitative estimate of drug-likeness (QED) is 0.763. The zero-order valence-electron chi connectivity index (χ0n) is 10.2. The van der Waals surface area contributed by atoms with E-state index >= 15 is 0 Å². The maximum atomic E-state index is 11.8. The molecule has 0 aliphatic carbocycles. The number of alkyl carbamates (subject to hydrolysis) is 1. The van der Waals surface area contributed by atoms with Crippen LogP contribution in [0.2, 0.25) is 0 Å². The lowest BCUT2D eigenvalue weighted by atomic mass is 9.90. The number of carbonyl (C=O) groups excluding carboxylic acids is 2. The lowest BCUT2D eigenvalue weighted by Crippen LogP contribution is -2.46. The van der Waals surface area contributed by atoms with Gasteiger partial charge in [0.15, 0.2) is 5.78 Å². The normalized spacial score (nSPS) is 14.5. The zero-order chi connectivity index (χ0) is 12.0. The third kappa shape index (κ3) is 4.32. The molecule has 15 heavy (non-hydrogen) atoms. The van der Waals surface area contributed by atoms with Gasteiger partial charge in [-0.05, 0) is 5.92 Å². The summed E-state index contributed by atoms with van der Waals surface area (Å²) in [7, 11) is 1.29. The van der Waals surface area contributed by atoms with E-state index in [1.165, 1.54) is 7.11 Å². The van der Waals surface area contributed by atoms with Gasteiger partial charge in [0, 0.05) is 5.92 Å². The van der Waals surface area contributed by atoms with E-state index in [0.29, 0.717) is 0 Å². The lowest BCUT2D eigenvalue weighted by Gasteiger charge is -2.23. The van der Waals surface area contributed by atoms with Crippen LogP contribution in [0.25, 0.3) is 0 Å². The summed E-state index contributed by atoms with van der Waals surface area (Å²) in [5, 5.41) is 2.59. The van der Waals surface area contributed by atoms with E-state index in [0.717, 1.165) is 6.42 Å². The Morgan fingerprint density at radius 1 is 1.27 bits per heavy atom. The van der Waals surface area contributed by atoms with E-state index in [9.17, 15) is 9.59 Å². The largest absolute Gasteiger partial charge is 0.453 e. The molecule has 0 aromatic heterocycles. The van der Waals surface area contributed by atoms with Crippen LogP contribution in [0, 0.1) is 11.8 Å². The Balaban J connectivity index is 4.58. The van der Waals surface area contributed by atoms with Crippen LogP contribution in [0.15, 0.2) is 0 Å². The van der Waals surface area contributed by atoms with Gasteiger partial charge in [-0.15, -0.1) is 0 Å². The number of ketones is 1. The number of Topliss-reactive ketones (excluding diaryl/α,β-unsaturated/α-hetero) is 1. The first kappa shape index (κ1) is 13.9. The van der Waals surface area contributed by atoms with Gasteiger partial charge in [-0.1, -0.05) is 34.1 Å². The Labute approximate surface area is 91.4 Å². The van der Waals surface area contributed by atoms with E-state index < -0.39 is 12.1 Å². The van der Waals surface area contributed by atoms with E-state index in [2.05, 4.69) is 10.1 Å². The number of methoxy groups -OCH3 is 1. The lowest BCUT2D eigenvalue weighted by molar-refractivity contribution is -0.125. The topological polar surface area (TPSA) is 55.4 Å². The number of carbonyl (C=O) groups is 2. The smallest absolute Gasteiger partial charge is 0.407 e. The Hall–Kier alpha value is -1.06. The van der Waals surface area contributed by atoms with Crippen molar-refractivity contribution in [3.8, 4) is 0 Å². The Bertz CT molecular complexity index is 226. The van der Waals surface area contributed by atoms with Crippen LogP contribution in [-0.4, -0.2) is 25.0 Å². The van der Waals surface area contributed by atoms with Crippen molar-refractivity contribution in [2.75, 3.05) is 7.11 Å². The molecule has 0 spiro atoms. The maximum absolute atomic E-state index is 11.8. The molecule has 88 valence electrons. The van der Waals surface area contributed by atoms with Gasteiger partial charge in [-0.3, -0.25) is 4.79 Å². The summed E-state index contributed by atoms with van der Waals surface area (Å²) >= 11 is 0. The highest BCUT2D eigenvalue weighted by molar-refractivity contribution is 5.89. The molecule has 0 aromatic rings. The first-order chi connectivity index (χ1) is 6.93. The fourth-order valence-corrected chi connectivity index (χ4v) is 1.27. The van der Waals surface area contributed by atoms with Gasteiger partial charge in [-0.2, -0.15) is 0 Å². The van der Waals surface area contributed by atoms with Gasteiger partial charge in [0.2, 0.25) is 0 Å². The van der Waals surface area contributed by atoms with Crippen LogP contribution < -0.4 is 5.32 Å². The number of hydrogen-bond acceptors (Lipinski definition) is 3. The SMILES string of the molecule is CCC(C)C(NC(=O)OC)C(=O)C(C)C. The van der Waals surface area contributed by atoms with Gasteiger partial charge in [0.05, 0.1) is 13.2 Å². The van der Waals surface area contributed by atoms with Crippen molar-refractivity contribution in [1.29, 1.82) is 0 Å². The molecule has 0 rings (SSSR count). The van der Waals surface area contributed by atoms with Gasteiger partial charge >= 0.3 is 6.09 Å². The summed E-state index contributed by atoms with van der Waals surface area (Å²) in [6, 6.07) is -0.442. The van der Waals surface area contributed by atoms with Gasteiger partial charge in [-0.25, -0.2) is 4.79 Å². The molecular weight excluding hydrogens is 194 g/mol. The summed E-state index contributed by atoms with van der Waals surface area (Å²) in [5.74, 6) is 0.0925. The van der Waals surface area contributed by atoms with Crippen LogP contribution in [0.1, 0.15) is 34.1 Å². The fraction of sp³-hybridized carbons (Fsp3) is 0.818. The standard InChI is InChI=1S/C11H21NO3/c1-6-8(4)9(10(13)7(2)3)12-11(14)15-5/h7-9H,6H2,1-5H3,(H,12,14). The van der Waals surface area contributed by atoms with Crippen LogP contribution in [0.5, 0.6) is 0 Å².